The molecule has 2 fully saturated rings. The third-order valence-corrected chi connectivity index (χ3v) is 13.3. The maximum absolute atomic E-state index is 15.1. The molecule has 0 bridgehead atoms. The molecule has 0 radical (unpaired) electrons. The molecule has 45 heavy (non-hydrogen) atoms. The Hall–Kier alpha value is -2.33. The zero-order valence-electron chi connectivity index (χ0n) is 26.1. The summed E-state index contributed by atoms with van der Waals surface area (Å²) in [5.74, 6) is -1.31. The smallest absolute Gasteiger partial charge is 0.229 e. The second-order valence-electron chi connectivity index (χ2n) is 13.8. The Balaban J connectivity index is 1.69. The van der Waals surface area contributed by atoms with Crippen molar-refractivity contribution in [1.29, 1.82) is 0 Å². The third-order valence-electron chi connectivity index (χ3n) is 9.08. The summed E-state index contributed by atoms with van der Waals surface area (Å²) in [7, 11) is -3.64. The van der Waals surface area contributed by atoms with Gasteiger partial charge in [0, 0.05) is 40.9 Å². The van der Waals surface area contributed by atoms with E-state index in [4.69, 9.17) is 23.2 Å². The number of halogens is 3. The number of aromatic nitrogens is 1. The van der Waals surface area contributed by atoms with E-state index < -0.39 is 37.9 Å². The first-order chi connectivity index (χ1) is 21.0. The van der Waals surface area contributed by atoms with Crippen LogP contribution in [0.15, 0.2) is 48.7 Å². The molecule has 242 valence electrons. The number of benzene rings is 2. The van der Waals surface area contributed by atoms with Gasteiger partial charge < -0.3 is 4.90 Å². The van der Waals surface area contributed by atoms with Gasteiger partial charge in [0.15, 0.2) is 9.84 Å². The number of rotatable bonds is 10. The van der Waals surface area contributed by atoms with Crippen molar-refractivity contribution in [2.75, 3.05) is 5.75 Å². The van der Waals surface area contributed by atoms with Crippen molar-refractivity contribution in [1.82, 2.24) is 9.88 Å². The van der Waals surface area contributed by atoms with Crippen LogP contribution in [0.4, 0.5) is 4.39 Å². The standard InChI is InChI=1S/C34H39Cl2FN2O4S2/c1-20(40)13-25-18-38-30(44-25)17-34(5)16-26(22-7-6-8-24(35)14-22)31(23-11-12-27(36)28(37)15-23)39(32(34)41)29(21-9-10-21)19-45(42,43)33(2,3)4/h6-8,11-12,14-15,18,21,26,29,31H,9-10,13,16-17,19H2,1-5H3/t26-,29-,31-,34-/m1/s1. The van der Waals surface area contributed by atoms with Crippen molar-refractivity contribution in [3.8, 4) is 0 Å². The Morgan fingerprint density at radius 1 is 1.16 bits per heavy atom. The number of hydrogen-bond acceptors (Lipinski definition) is 6. The van der Waals surface area contributed by atoms with E-state index >= 15 is 9.18 Å². The zero-order chi connectivity index (χ0) is 32.9. The summed E-state index contributed by atoms with van der Waals surface area (Å²) in [6.07, 6.45) is 4.27. The first-order valence-corrected chi connectivity index (χ1v) is 18.4. The largest absolute Gasteiger partial charge is 0.330 e. The second-order valence-corrected chi connectivity index (χ2v) is 18.7. The quantitative estimate of drug-likeness (QED) is 0.215. The van der Waals surface area contributed by atoms with Gasteiger partial charge in [0.1, 0.15) is 11.6 Å². The molecule has 4 atom stereocenters. The van der Waals surface area contributed by atoms with Gasteiger partial charge in [-0.1, -0.05) is 48.3 Å². The fraction of sp³-hybridized carbons (Fsp3) is 0.500. The van der Waals surface area contributed by atoms with Crippen LogP contribution in [-0.2, 0) is 32.3 Å². The molecule has 6 nitrogen and oxygen atoms in total. The molecule has 2 aromatic carbocycles. The van der Waals surface area contributed by atoms with E-state index in [0.29, 0.717) is 23.4 Å². The SMILES string of the molecule is CC(=O)Cc1cnc(C[C@@]2(C)C[C@H](c3cccc(Cl)c3)[C@@H](c3ccc(Cl)c(F)c3)N([C@H](CS(=O)(=O)C(C)(C)C)C3CC3)C2=O)s1. The Bertz CT molecular complexity index is 1720. The van der Waals surface area contributed by atoms with Crippen LogP contribution in [0.2, 0.25) is 10.0 Å². The number of carbonyl (C=O) groups is 2. The maximum atomic E-state index is 15.1. The van der Waals surface area contributed by atoms with Crippen molar-refractivity contribution < 1.29 is 22.4 Å². The van der Waals surface area contributed by atoms with Crippen molar-refractivity contribution >= 4 is 56.1 Å². The fourth-order valence-electron chi connectivity index (χ4n) is 6.44. The zero-order valence-corrected chi connectivity index (χ0v) is 29.3. The van der Waals surface area contributed by atoms with Crippen molar-refractivity contribution in [2.24, 2.45) is 11.3 Å². The molecule has 0 spiro atoms. The van der Waals surface area contributed by atoms with E-state index in [-0.39, 0.29) is 40.7 Å². The lowest BCUT2D eigenvalue weighted by Crippen LogP contribution is -2.59. The average Bonchev–Trinajstić information content (AvgIpc) is 3.70. The summed E-state index contributed by atoms with van der Waals surface area (Å²) in [5.41, 5.74) is 0.448. The van der Waals surface area contributed by atoms with Gasteiger partial charge in [-0.3, -0.25) is 9.59 Å². The molecule has 1 saturated heterocycles. The molecular formula is C34H39Cl2FN2O4S2. The molecule has 1 aromatic heterocycles. The number of likely N-dealkylation sites (tertiary alicyclic amines) is 1. The molecule has 2 heterocycles. The van der Waals surface area contributed by atoms with E-state index in [1.165, 1.54) is 30.4 Å². The van der Waals surface area contributed by atoms with Crippen molar-refractivity contribution in [3.63, 3.8) is 0 Å². The minimum absolute atomic E-state index is 0.00452. The van der Waals surface area contributed by atoms with E-state index in [1.54, 1.807) is 44.0 Å². The molecule has 0 unspecified atom stereocenters. The molecule has 0 N–H and O–H groups in total. The molecule has 1 saturated carbocycles. The number of thiazole rings is 1. The molecule has 2 aliphatic rings. The van der Waals surface area contributed by atoms with Gasteiger partial charge in [-0.25, -0.2) is 17.8 Å². The van der Waals surface area contributed by atoms with Gasteiger partial charge in [0.2, 0.25) is 5.91 Å². The van der Waals surface area contributed by atoms with Gasteiger partial charge in [0.25, 0.3) is 0 Å². The van der Waals surface area contributed by atoms with Crippen LogP contribution in [0, 0.1) is 17.2 Å². The summed E-state index contributed by atoms with van der Waals surface area (Å²) in [5, 5.41) is 1.23. The normalized spacial score (nSPS) is 23.3. The molecular weight excluding hydrogens is 654 g/mol. The number of amides is 1. The molecule has 5 rings (SSSR count). The Kier molecular flexibility index (Phi) is 9.60. The minimum atomic E-state index is -3.64. The Labute approximate surface area is 279 Å². The Morgan fingerprint density at radius 2 is 1.87 bits per heavy atom. The van der Waals surface area contributed by atoms with Crippen LogP contribution in [0.1, 0.15) is 86.9 Å². The van der Waals surface area contributed by atoms with Crippen LogP contribution in [-0.4, -0.2) is 46.5 Å². The number of hydrogen-bond donors (Lipinski definition) is 0. The lowest BCUT2D eigenvalue weighted by Gasteiger charge is -2.52. The number of ketones is 1. The van der Waals surface area contributed by atoms with E-state index in [0.717, 1.165) is 28.3 Å². The van der Waals surface area contributed by atoms with E-state index in [9.17, 15) is 13.2 Å². The first-order valence-electron chi connectivity index (χ1n) is 15.2. The van der Waals surface area contributed by atoms with Crippen LogP contribution < -0.4 is 0 Å². The molecule has 1 aliphatic carbocycles. The van der Waals surface area contributed by atoms with E-state index in [2.05, 4.69) is 4.98 Å². The summed E-state index contributed by atoms with van der Waals surface area (Å²) in [6.45, 7) is 8.47. The number of sulfone groups is 1. The van der Waals surface area contributed by atoms with Gasteiger partial charge >= 0.3 is 0 Å². The second kappa shape index (κ2) is 12.7. The fourth-order valence-corrected chi connectivity index (χ4v) is 9.32. The topological polar surface area (TPSA) is 84.4 Å². The van der Waals surface area contributed by atoms with Crippen LogP contribution in [0.25, 0.3) is 0 Å². The lowest BCUT2D eigenvalue weighted by atomic mass is 9.67. The molecule has 3 aromatic rings. The summed E-state index contributed by atoms with van der Waals surface area (Å²) in [4.78, 5) is 34.0. The highest BCUT2D eigenvalue weighted by Crippen LogP contribution is 2.54. The third kappa shape index (κ3) is 7.32. The van der Waals surface area contributed by atoms with Crippen LogP contribution in [0.3, 0.4) is 0 Å². The number of piperidine rings is 1. The summed E-state index contributed by atoms with van der Waals surface area (Å²) >= 11 is 14.0. The van der Waals surface area contributed by atoms with Gasteiger partial charge in [0.05, 0.1) is 32.0 Å². The van der Waals surface area contributed by atoms with Crippen LogP contribution >= 0.6 is 34.5 Å². The highest BCUT2D eigenvalue weighted by molar-refractivity contribution is 7.92. The summed E-state index contributed by atoms with van der Waals surface area (Å²) < 4.78 is 41.6. The van der Waals surface area contributed by atoms with Crippen LogP contribution in [0.5, 0.6) is 0 Å². The molecule has 1 aliphatic heterocycles. The maximum Gasteiger partial charge on any atom is 0.229 e. The van der Waals surface area contributed by atoms with Gasteiger partial charge in [-0.2, -0.15) is 0 Å². The highest BCUT2D eigenvalue weighted by atomic mass is 35.5. The minimum Gasteiger partial charge on any atom is -0.330 e. The predicted octanol–water partition coefficient (Wildman–Crippen LogP) is 8.02. The summed E-state index contributed by atoms with van der Waals surface area (Å²) in [6, 6.07) is 10.8. The average molecular weight is 694 g/mol. The number of nitrogens with zero attached hydrogens (tertiary/aromatic N) is 2. The first kappa shape index (κ1) is 34.0. The lowest BCUT2D eigenvalue weighted by molar-refractivity contribution is -0.154. The van der Waals surface area contributed by atoms with Gasteiger partial charge in [-0.15, -0.1) is 11.3 Å². The monoisotopic (exact) mass is 692 g/mol. The predicted molar refractivity (Wildman–Crippen MR) is 178 cm³/mol. The molecule has 11 heteroatoms. The van der Waals surface area contributed by atoms with Crippen molar-refractivity contribution in [3.05, 3.63) is 85.5 Å². The number of carbonyl (C=O) groups excluding carboxylic acids is 2. The Morgan fingerprint density at radius 3 is 2.47 bits per heavy atom. The van der Waals surface area contributed by atoms with Gasteiger partial charge in [-0.05, 0) is 88.3 Å². The van der Waals surface area contributed by atoms with E-state index in [1.807, 2.05) is 25.1 Å². The van der Waals surface area contributed by atoms with Crippen molar-refractivity contribution in [2.45, 2.75) is 89.5 Å². The molecule has 1 amide bonds. The number of Topliss-reactive ketones (excluding diaryl/α,β-unsaturated/α-hetero) is 1. The highest BCUT2D eigenvalue weighted by Gasteiger charge is 2.55.